The minimum atomic E-state index is 0.429. The van der Waals surface area contributed by atoms with Gasteiger partial charge in [0.15, 0.2) is 0 Å². The van der Waals surface area contributed by atoms with Gasteiger partial charge in [-0.25, -0.2) is 0 Å². The number of aromatic nitrogens is 1. The fraction of sp³-hybridized carbons (Fsp3) is 0.667. The Morgan fingerprint density at radius 1 is 1.24 bits per heavy atom. The van der Waals surface area contributed by atoms with Crippen LogP contribution >= 0.6 is 0 Å². The van der Waals surface area contributed by atoms with Crippen molar-refractivity contribution in [2.24, 2.45) is 11.8 Å². The highest BCUT2D eigenvalue weighted by Gasteiger charge is 2.26. The number of pyridine rings is 1. The van der Waals surface area contributed by atoms with E-state index < -0.39 is 0 Å². The number of hydrogen-bond acceptors (Lipinski definition) is 2. The molecule has 2 heteroatoms. The van der Waals surface area contributed by atoms with Gasteiger partial charge in [-0.2, -0.15) is 0 Å². The Kier molecular flexibility index (Phi) is 4.16. The zero-order valence-electron chi connectivity index (χ0n) is 11.2. The molecule has 2 nitrogen and oxygen atoms in total. The average molecular weight is 232 g/mol. The van der Waals surface area contributed by atoms with E-state index in [-0.39, 0.29) is 0 Å². The lowest BCUT2D eigenvalue weighted by atomic mass is 9.79. The van der Waals surface area contributed by atoms with Gasteiger partial charge in [0, 0.05) is 24.5 Å². The Balaban J connectivity index is 1.93. The first-order valence-electron chi connectivity index (χ1n) is 6.82. The van der Waals surface area contributed by atoms with Crippen LogP contribution in [-0.4, -0.2) is 11.0 Å². The highest BCUT2D eigenvalue weighted by Crippen LogP contribution is 2.30. The smallest absolute Gasteiger partial charge is 0.0295 e. The predicted octanol–water partition coefficient (Wildman–Crippen LogP) is 3.56. The highest BCUT2D eigenvalue weighted by molar-refractivity contribution is 5.14. The summed E-state index contributed by atoms with van der Waals surface area (Å²) in [6.45, 7) is 7.01. The van der Waals surface area contributed by atoms with Crippen molar-refractivity contribution >= 4 is 0 Å². The first-order valence-corrected chi connectivity index (χ1v) is 6.82. The lowest BCUT2D eigenvalue weighted by molar-refractivity contribution is 0.216. The molecule has 4 unspecified atom stereocenters. The van der Waals surface area contributed by atoms with E-state index in [0.717, 1.165) is 11.8 Å². The molecule has 1 aromatic heterocycles. The normalized spacial score (nSPS) is 31.1. The molecule has 1 heterocycles. The third kappa shape index (κ3) is 3.29. The van der Waals surface area contributed by atoms with Gasteiger partial charge in [-0.15, -0.1) is 0 Å². The molecule has 0 bridgehead atoms. The second-order valence-corrected chi connectivity index (χ2v) is 5.67. The fourth-order valence-corrected chi connectivity index (χ4v) is 2.98. The van der Waals surface area contributed by atoms with Crippen LogP contribution in [0.4, 0.5) is 0 Å². The van der Waals surface area contributed by atoms with Gasteiger partial charge >= 0.3 is 0 Å². The number of nitrogens with one attached hydrogen (secondary N) is 1. The van der Waals surface area contributed by atoms with E-state index in [2.05, 4.69) is 43.2 Å². The summed E-state index contributed by atoms with van der Waals surface area (Å²) in [5, 5.41) is 3.78. The molecule has 1 saturated carbocycles. The van der Waals surface area contributed by atoms with Crippen LogP contribution in [0, 0.1) is 11.8 Å². The Morgan fingerprint density at radius 3 is 2.59 bits per heavy atom. The van der Waals surface area contributed by atoms with Crippen molar-refractivity contribution in [3.05, 3.63) is 30.1 Å². The van der Waals surface area contributed by atoms with Gasteiger partial charge in [0.05, 0.1) is 0 Å². The van der Waals surface area contributed by atoms with Crippen LogP contribution in [0.1, 0.15) is 51.6 Å². The molecule has 2 rings (SSSR count). The molecule has 0 amide bonds. The van der Waals surface area contributed by atoms with Gasteiger partial charge in [0.1, 0.15) is 0 Å². The average Bonchev–Trinajstić information content (AvgIpc) is 2.34. The highest BCUT2D eigenvalue weighted by atomic mass is 15.0. The zero-order valence-corrected chi connectivity index (χ0v) is 11.2. The molecule has 0 aliphatic heterocycles. The van der Waals surface area contributed by atoms with Gasteiger partial charge < -0.3 is 5.32 Å². The lowest BCUT2D eigenvalue weighted by Crippen LogP contribution is -2.40. The Bertz CT molecular complexity index is 336. The number of nitrogens with zero attached hydrogens (tertiary/aromatic N) is 1. The minimum Gasteiger partial charge on any atom is -0.307 e. The molecule has 0 radical (unpaired) electrons. The minimum absolute atomic E-state index is 0.429. The van der Waals surface area contributed by atoms with E-state index in [4.69, 9.17) is 0 Å². The maximum atomic E-state index is 4.07. The first-order chi connectivity index (χ1) is 8.16. The molecule has 0 spiro atoms. The van der Waals surface area contributed by atoms with Gasteiger partial charge in [-0.05, 0) is 55.7 Å². The first kappa shape index (κ1) is 12.6. The number of hydrogen-bond donors (Lipinski definition) is 1. The van der Waals surface area contributed by atoms with E-state index >= 15 is 0 Å². The summed E-state index contributed by atoms with van der Waals surface area (Å²) in [4.78, 5) is 4.07. The van der Waals surface area contributed by atoms with E-state index in [1.807, 2.05) is 12.4 Å². The molecule has 1 aliphatic rings. The van der Waals surface area contributed by atoms with E-state index in [0.29, 0.717) is 12.1 Å². The molecule has 17 heavy (non-hydrogen) atoms. The molecular weight excluding hydrogens is 208 g/mol. The summed E-state index contributed by atoms with van der Waals surface area (Å²) >= 11 is 0. The van der Waals surface area contributed by atoms with E-state index in [1.54, 1.807) is 0 Å². The third-order valence-electron chi connectivity index (χ3n) is 4.10. The van der Waals surface area contributed by atoms with Crippen molar-refractivity contribution in [1.29, 1.82) is 0 Å². The van der Waals surface area contributed by atoms with E-state index in [1.165, 1.54) is 24.8 Å². The summed E-state index contributed by atoms with van der Waals surface area (Å²) in [5.41, 5.74) is 1.34. The summed E-state index contributed by atoms with van der Waals surface area (Å²) < 4.78 is 0. The van der Waals surface area contributed by atoms with Crippen molar-refractivity contribution in [3.63, 3.8) is 0 Å². The monoisotopic (exact) mass is 232 g/mol. The second kappa shape index (κ2) is 5.63. The van der Waals surface area contributed by atoms with Crippen molar-refractivity contribution in [2.75, 3.05) is 0 Å². The topological polar surface area (TPSA) is 24.9 Å². The molecule has 1 aromatic rings. The van der Waals surface area contributed by atoms with Gasteiger partial charge in [-0.3, -0.25) is 4.98 Å². The molecule has 4 atom stereocenters. The molecule has 94 valence electrons. The Morgan fingerprint density at radius 2 is 1.94 bits per heavy atom. The molecule has 0 saturated heterocycles. The predicted molar refractivity (Wildman–Crippen MR) is 71.8 cm³/mol. The van der Waals surface area contributed by atoms with Crippen LogP contribution in [0.15, 0.2) is 24.5 Å². The second-order valence-electron chi connectivity index (χ2n) is 5.67. The maximum absolute atomic E-state index is 4.07. The molecule has 0 aromatic carbocycles. The zero-order chi connectivity index (χ0) is 12.3. The molecule has 1 fully saturated rings. The number of rotatable bonds is 3. The summed E-state index contributed by atoms with van der Waals surface area (Å²) in [6, 6.07) is 5.31. The van der Waals surface area contributed by atoms with Crippen LogP contribution in [0.5, 0.6) is 0 Å². The molecular formula is C15H24N2. The van der Waals surface area contributed by atoms with Gasteiger partial charge in [0.2, 0.25) is 0 Å². The van der Waals surface area contributed by atoms with Gasteiger partial charge in [0.25, 0.3) is 0 Å². The fourth-order valence-electron chi connectivity index (χ4n) is 2.98. The summed E-state index contributed by atoms with van der Waals surface area (Å²) in [7, 11) is 0. The van der Waals surface area contributed by atoms with Crippen LogP contribution < -0.4 is 5.32 Å². The van der Waals surface area contributed by atoms with Crippen LogP contribution in [0.2, 0.25) is 0 Å². The maximum Gasteiger partial charge on any atom is 0.0295 e. The third-order valence-corrected chi connectivity index (χ3v) is 4.10. The molecule has 1 N–H and O–H groups in total. The Labute approximate surface area is 105 Å². The van der Waals surface area contributed by atoms with Crippen LogP contribution in [-0.2, 0) is 0 Å². The quantitative estimate of drug-likeness (QED) is 0.862. The largest absolute Gasteiger partial charge is 0.307 e. The van der Waals surface area contributed by atoms with Crippen LogP contribution in [0.25, 0.3) is 0 Å². The van der Waals surface area contributed by atoms with Crippen molar-refractivity contribution in [3.8, 4) is 0 Å². The summed E-state index contributed by atoms with van der Waals surface area (Å²) in [5.74, 6) is 1.70. The van der Waals surface area contributed by atoms with Crippen LogP contribution in [0.3, 0.4) is 0 Å². The van der Waals surface area contributed by atoms with Crippen molar-refractivity contribution in [1.82, 2.24) is 10.3 Å². The standard InChI is InChI=1S/C15H24N2/c1-11-4-5-15(12(2)10-11)17-13(3)14-6-8-16-9-7-14/h6-9,11-13,15,17H,4-5,10H2,1-3H3. The van der Waals surface area contributed by atoms with Crippen molar-refractivity contribution in [2.45, 2.75) is 52.1 Å². The SMILES string of the molecule is CC1CCC(NC(C)c2ccncc2)C(C)C1. The van der Waals surface area contributed by atoms with Crippen molar-refractivity contribution < 1.29 is 0 Å². The summed E-state index contributed by atoms with van der Waals surface area (Å²) in [6.07, 6.45) is 7.79. The van der Waals surface area contributed by atoms with E-state index in [9.17, 15) is 0 Å². The Hall–Kier alpha value is -0.890. The van der Waals surface area contributed by atoms with Gasteiger partial charge in [-0.1, -0.05) is 13.8 Å². The molecule has 1 aliphatic carbocycles. The lowest BCUT2D eigenvalue weighted by Gasteiger charge is -2.35.